The molecule has 0 unspecified atom stereocenters. The third-order valence-electron chi connectivity index (χ3n) is 4.98. The summed E-state index contributed by atoms with van der Waals surface area (Å²) in [6, 6.07) is 19.1. The minimum atomic E-state index is 0.0214. The number of anilines is 1. The first-order valence-electron chi connectivity index (χ1n) is 10.2. The van der Waals surface area contributed by atoms with E-state index in [1.54, 1.807) is 0 Å². The maximum atomic E-state index is 12.4. The summed E-state index contributed by atoms with van der Waals surface area (Å²) >= 11 is 0. The summed E-state index contributed by atoms with van der Waals surface area (Å²) in [5.74, 6) is 1.04. The molecular weight excluding hydrogens is 366 g/mol. The van der Waals surface area contributed by atoms with Crippen molar-refractivity contribution in [3.63, 3.8) is 0 Å². The van der Waals surface area contributed by atoms with Crippen LogP contribution < -0.4 is 10.1 Å². The van der Waals surface area contributed by atoms with Gasteiger partial charge in [-0.3, -0.25) is 14.5 Å². The molecule has 154 valence electrons. The topological polar surface area (TPSA) is 61.9 Å². The molecule has 0 bridgehead atoms. The fourth-order valence-corrected chi connectivity index (χ4v) is 3.31. The van der Waals surface area contributed by atoms with Crippen LogP contribution in [0, 0.1) is 0 Å². The molecule has 0 aliphatic carbocycles. The van der Waals surface area contributed by atoms with E-state index in [4.69, 9.17) is 4.74 Å². The quantitative estimate of drug-likeness (QED) is 0.663. The molecule has 0 radical (unpaired) electrons. The molecule has 29 heavy (non-hydrogen) atoms. The number of para-hydroxylation sites is 2. The van der Waals surface area contributed by atoms with Gasteiger partial charge in [0.25, 0.3) is 0 Å². The molecule has 1 N–H and O–H groups in total. The van der Waals surface area contributed by atoms with Gasteiger partial charge in [-0.25, -0.2) is 0 Å². The minimum absolute atomic E-state index is 0.0214. The van der Waals surface area contributed by atoms with Gasteiger partial charge in [0.15, 0.2) is 0 Å². The lowest BCUT2D eigenvalue weighted by molar-refractivity contribution is -0.133. The van der Waals surface area contributed by atoms with E-state index in [2.05, 4.69) is 10.2 Å². The second-order valence-electron chi connectivity index (χ2n) is 7.15. The zero-order valence-electron chi connectivity index (χ0n) is 16.8. The molecule has 2 aromatic carbocycles. The molecule has 0 saturated carbocycles. The Morgan fingerprint density at radius 2 is 1.52 bits per heavy atom. The zero-order valence-corrected chi connectivity index (χ0v) is 16.8. The van der Waals surface area contributed by atoms with Crippen molar-refractivity contribution in [3.05, 3.63) is 60.7 Å². The Labute approximate surface area is 172 Å². The number of rotatable bonds is 9. The molecule has 1 fully saturated rings. The Bertz CT molecular complexity index is 759. The van der Waals surface area contributed by atoms with Crippen LogP contribution in [0.25, 0.3) is 0 Å². The van der Waals surface area contributed by atoms with Crippen molar-refractivity contribution >= 4 is 17.5 Å². The summed E-state index contributed by atoms with van der Waals surface area (Å²) in [5.41, 5.74) is 0.823. The first-order chi connectivity index (χ1) is 14.2. The number of carbonyl (C=O) groups is 2. The largest absolute Gasteiger partial charge is 0.494 e. The number of carbonyl (C=O) groups excluding carboxylic acids is 2. The molecule has 0 spiro atoms. The van der Waals surface area contributed by atoms with Crippen LogP contribution in [0.1, 0.15) is 19.3 Å². The summed E-state index contributed by atoms with van der Waals surface area (Å²) in [7, 11) is 0. The lowest BCUT2D eigenvalue weighted by Crippen LogP contribution is -2.49. The van der Waals surface area contributed by atoms with Crippen molar-refractivity contribution in [1.29, 1.82) is 0 Å². The smallest absolute Gasteiger partial charge is 0.225 e. The van der Waals surface area contributed by atoms with E-state index >= 15 is 0 Å². The number of amides is 2. The number of benzene rings is 2. The van der Waals surface area contributed by atoms with E-state index in [9.17, 15) is 9.59 Å². The van der Waals surface area contributed by atoms with Gasteiger partial charge in [-0.05, 0) is 30.7 Å². The minimum Gasteiger partial charge on any atom is -0.494 e. The third kappa shape index (κ3) is 7.23. The van der Waals surface area contributed by atoms with Crippen molar-refractivity contribution in [3.8, 4) is 5.75 Å². The molecular formula is C23H29N3O3. The van der Waals surface area contributed by atoms with Gasteiger partial charge in [0.2, 0.25) is 11.8 Å². The summed E-state index contributed by atoms with van der Waals surface area (Å²) in [6.07, 6.45) is 1.68. The van der Waals surface area contributed by atoms with Crippen LogP contribution in [0.2, 0.25) is 0 Å². The SMILES string of the molecule is O=C(CCN1CCN(C(=O)CCCOc2ccccc2)CC1)Nc1ccccc1. The third-order valence-corrected chi connectivity index (χ3v) is 4.98. The van der Waals surface area contributed by atoms with Crippen molar-refractivity contribution < 1.29 is 14.3 Å². The lowest BCUT2D eigenvalue weighted by Gasteiger charge is -2.34. The maximum absolute atomic E-state index is 12.4. The zero-order chi connectivity index (χ0) is 20.3. The molecule has 0 atom stereocenters. The normalized spacial score (nSPS) is 14.4. The number of nitrogens with one attached hydrogen (secondary N) is 1. The molecule has 1 aliphatic rings. The van der Waals surface area contributed by atoms with Crippen LogP contribution in [0.15, 0.2) is 60.7 Å². The molecule has 2 amide bonds. The first kappa shape index (κ1) is 20.9. The van der Waals surface area contributed by atoms with Crippen molar-refractivity contribution in [1.82, 2.24) is 9.80 Å². The van der Waals surface area contributed by atoms with Gasteiger partial charge < -0.3 is 15.0 Å². The molecule has 0 aromatic heterocycles. The summed E-state index contributed by atoms with van der Waals surface area (Å²) < 4.78 is 5.64. The number of ether oxygens (including phenoxy) is 1. The Hall–Kier alpha value is -2.86. The van der Waals surface area contributed by atoms with Crippen molar-refractivity contribution in [2.75, 3.05) is 44.6 Å². The van der Waals surface area contributed by atoms with Gasteiger partial charge >= 0.3 is 0 Å². The van der Waals surface area contributed by atoms with E-state index in [0.717, 1.165) is 37.6 Å². The molecule has 1 saturated heterocycles. The Morgan fingerprint density at radius 1 is 0.862 bits per heavy atom. The average Bonchev–Trinajstić information content (AvgIpc) is 2.77. The van der Waals surface area contributed by atoms with Crippen LogP contribution in [0.3, 0.4) is 0 Å². The Morgan fingerprint density at radius 3 is 2.21 bits per heavy atom. The Balaban J connectivity index is 1.27. The van der Waals surface area contributed by atoms with E-state index in [0.29, 0.717) is 32.4 Å². The number of nitrogens with zero attached hydrogens (tertiary/aromatic N) is 2. The van der Waals surface area contributed by atoms with Crippen LogP contribution in [-0.2, 0) is 9.59 Å². The van der Waals surface area contributed by atoms with Gasteiger partial charge in [0.1, 0.15) is 5.75 Å². The molecule has 3 rings (SSSR count). The molecule has 1 heterocycles. The highest BCUT2D eigenvalue weighted by atomic mass is 16.5. The highest BCUT2D eigenvalue weighted by molar-refractivity contribution is 5.90. The van der Waals surface area contributed by atoms with Gasteiger partial charge in [0.05, 0.1) is 6.61 Å². The predicted octanol–water partition coefficient (Wildman–Crippen LogP) is 3.02. The Kier molecular flexibility index (Phi) is 8.07. The van der Waals surface area contributed by atoms with E-state index in [1.807, 2.05) is 65.6 Å². The van der Waals surface area contributed by atoms with Crippen molar-refractivity contribution in [2.45, 2.75) is 19.3 Å². The van der Waals surface area contributed by atoms with Crippen LogP contribution in [0.5, 0.6) is 5.75 Å². The molecule has 1 aliphatic heterocycles. The van der Waals surface area contributed by atoms with Gasteiger partial charge in [0, 0.05) is 51.3 Å². The van der Waals surface area contributed by atoms with Gasteiger partial charge in [-0.15, -0.1) is 0 Å². The summed E-state index contributed by atoms with van der Waals surface area (Å²) in [4.78, 5) is 28.6. The van der Waals surface area contributed by atoms with Crippen LogP contribution in [0.4, 0.5) is 5.69 Å². The average molecular weight is 396 g/mol. The standard InChI is InChI=1S/C23H29N3O3/c27-22(24-20-8-3-1-4-9-20)13-14-25-15-17-26(18-16-25)23(28)12-7-19-29-21-10-5-2-6-11-21/h1-6,8-11H,7,12-19H2,(H,24,27). The van der Waals surface area contributed by atoms with Crippen molar-refractivity contribution in [2.24, 2.45) is 0 Å². The van der Waals surface area contributed by atoms with Crippen LogP contribution >= 0.6 is 0 Å². The number of hydrogen-bond donors (Lipinski definition) is 1. The second kappa shape index (κ2) is 11.2. The van der Waals surface area contributed by atoms with E-state index < -0.39 is 0 Å². The van der Waals surface area contributed by atoms with E-state index in [-0.39, 0.29) is 11.8 Å². The fourth-order valence-electron chi connectivity index (χ4n) is 3.31. The van der Waals surface area contributed by atoms with E-state index in [1.165, 1.54) is 0 Å². The first-order valence-corrected chi connectivity index (χ1v) is 10.2. The highest BCUT2D eigenvalue weighted by Gasteiger charge is 2.21. The second-order valence-corrected chi connectivity index (χ2v) is 7.15. The monoisotopic (exact) mass is 395 g/mol. The predicted molar refractivity (Wildman–Crippen MR) is 114 cm³/mol. The molecule has 6 nitrogen and oxygen atoms in total. The lowest BCUT2D eigenvalue weighted by atomic mass is 10.2. The highest BCUT2D eigenvalue weighted by Crippen LogP contribution is 2.11. The van der Waals surface area contributed by atoms with Gasteiger partial charge in [-0.1, -0.05) is 36.4 Å². The number of piperazine rings is 1. The molecule has 2 aromatic rings. The summed E-state index contributed by atoms with van der Waals surface area (Å²) in [6.45, 7) is 4.32. The fraction of sp³-hybridized carbons (Fsp3) is 0.391. The number of hydrogen-bond acceptors (Lipinski definition) is 4. The van der Waals surface area contributed by atoms with Gasteiger partial charge in [-0.2, -0.15) is 0 Å². The van der Waals surface area contributed by atoms with Crippen LogP contribution in [-0.4, -0.2) is 60.9 Å². The molecule has 6 heteroatoms. The maximum Gasteiger partial charge on any atom is 0.225 e. The summed E-state index contributed by atoms with van der Waals surface area (Å²) in [5, 5.41) is 2.91.